The van der Waals surface area contributed by atoms with Crippen molar-refractivity contribution in [3.05, 3.63) is 0 Å². The van der Waals surface area contributed by atoms with E-state index in [2.05, 4.69) is 13.8 Å². The molecule has 0 aliphatic carbocycles. The zero-order valence-corrected chi connectivity index (χ0v) is 12.0. The molecule has 0 fully saturated rings. The molecule has 0 N–H and O–H groups in total. The first-order chi connectivity index (χ1) is 8.47. The highest BCUT2D eigenvalue weighted by Crippen LogP contribution is 2.46. The zero-order chi connectivity index (χ0) is 14.0. The highest BCUT2D eigenvalue weighted by atomic mass is 31.2. The first-order valence-electron chi connectivity index (χ1n) is 5.76. The third-order valence-corrected chi connectivity index (χ3v) is 4.34. The minimum absolute atomic E-state index is 0.153. The maximum Gasteiger partial charge on any atom is 0.337 e. The number of rotatable bonds is 10. The third-order valence-electron chi connectivity index (χ3n) is 2.49. The normalized spacial score (nSPS) is 11.3. The molecule has 0 aliphatic rings. The summed E-state index contributed by atoms with van der Waals surface area (Å²) in [5, 5.41) is 0. The largest absolute Gasteiger partial charge is 0.469 e. The van der Waals surface area contributed by atoms with Crippen molar-refractivity contribution in [2.24, 2.45) is 0 Å². The van der Waals surface area contributed by atoms with Crippen LogP contribution in [0.15, 0.2) is 0 Å². The number of esters is 1. The van der Waals surface area contributed by atoms with E-state index in [9.17, 15) is 14.2 Å². The summed E-state index contributed by atoms with van der Waals surface area (Å²) in [6.07, 6.45) is 2.58. The maximum absolute atomic E-state index is 11.7. The average molecular weight is 280 g/mol. The Bertz CT molecular complexity index is 307. The predicted molar refractivity (Wildman–Crippen MR) is 66.6 cm³/mol. The summed E-state index contributed by atoms with van der Waals surface area (Å²) in [6, 6.07) is 0. The van der Waals surface area contributed by atoms with Crippen LogP contribution >= 0.6 is 7.60 Å². The summed E-state index contributed by atoms with van der Waals surface area (Å²) in [6.45, 7) is 0. The van der Waals surface area contributed by atoms with Gasteiger partial charge in [-0.05, 0) is 12.8 Å². The van der Waals surface area contributed by atoms with Gasteiger partial charge in [0, 0.05) is 27.1 Å². The molecule has 0 radical (unpaired) electrons. The Hall–Kier alpha value is -0.710. The Morgan fingerprint density at radius 2 is 1.50 bits per heavy atom. The zero-order valence-electron chi connectivity index (χ0n) is 11.1. The minimum Gasteiger partial charge on any atom is -0.469 e. The molecule has 0 rings (SSSR count). The Balaban J connectivity index is 3.72. The van der Waals surface area contributed by atoms with E-state index in [4.69, 9.17) is 0 Å². The van der Waals surface area contributed by atoms with Gasteiger partial charge in [0.15, 0.2) is 0 Å². The summed E-state index contributed by atoms with van der Waals surface area (Å²) in [4.78, 5) is 22.3. The van der Waals surface area contributed by atoms with Crippen molar-refractivity contribution in [2.45, 2.75) is 32.1 Å². The lowest BCUT2D eigenvalue weighted by Gasteiger charge is -2.12. The van der Waals surface area contributed by atoms with Crippen LogP contribution in [0.25, 0.3) is 0 Å². The molecule has 7 heteroatoms. The molecule has 0 aliphatic heterocycles. The van der Waals surface area contributed by atoms with Crippen molar-refractivity contribution >= 4 is 19.3 Å². The molecule has 0 heterocycles. The Morgan fingerprint density at radius 3 is 2.00 bits per heavy atom. The quantitative estimate of drug-likeness (QED) is 0.346. The molecule has 0 aromatic rings. The van der Waals surface area contributed by atoms with Crippen LogP contribution < -0.4 is 0 Å². The summed E-state index contributed by atoms with van der Waals surface area (Å²) in [7, 11) is 0.625. The number of hydrogen-bond acceptors (Lipinski definition) is 6. The van der Waals surface area contributed by atoms with E-state index in [-0.39, 0.29) is 17.9 Å². The monoisotopic (exact) mass is 280 g/mol. The lowest BCUT2D eigenvalue weighted by molar-refractivity contribution is -0.140. The number of carbonyl (C=O) groups excluding carboxylic acids is 2. The van der Waals surface area contributed by atoms with Gasteiger partial charge in [0.05, 0.1) is 7.11 Å². The molecule has 0 aromatic carbocycles. The van der Waals surface area contributed by atoms with Crippen LogP contribution in [-0.2, 0) is 27.9 Å². The molecule has 106 valence electrons. The number of methoxy groups -OCH3 is 1. The molecule has 0 unspecified atom stereocenters. The average Bonchev–Trinajstić information content (AvgIpc) is 2.37. The number of unbranched alkanes of at least 4 members (excludes halogenated alkanes) is 2. The van der Waals surface area contributed by atoms with Gasteiger partial charge in [0.25, 0.3) is 0 Å². The van der Waals surface area contributed by atoms with Crippen LogP contribution in [0.2, 0.25) is 0 Å². The molecule has 0 saturated carbocycles. The molecule has 6 nitrogen and oxygen atoms in total. The smallest absolute Gasteiger partial charge is 0.337 e. The fourth-order valence-corrected chi connectivity index (χ4v) is 2.37. The van der Waals surface area contributed by atoms with Crippen molar-refractivity contribution in [2.75, 3.05) is 27.5 Å². The second kappa shape index (κ2) is 9.25. The van der Waals surface area contributed by atoms with Gasteiger partial charge in [-0.1, -0.05) is 6.42 Å². The van der Waals surface area contributed by atoms with Crippen molar-refractivity contribution in [1.29, 1.82) is 0 Å². The van der Waals surface area contributed by atoms with Crippen molar-refractivity contribution in [3.63, 3.8) is 0 Å². The maximum atomic E-state index is 11.7. The molecule has 0 atom stereocenters. The number of hydrogen-bond donors (Lipinski definition) is 0. The van der Waals surface area contributed by atoms with Gasteiger partial charge in [0.2, 0.25) is 0 Å². The fraction of sp³-hybridized carbons (Fsp3) is 0.818. The molecule has 0 bridgehead atoms. The van der Waals surface area contributed by atoms with E-state index in [1.807, 2.05) is 0 Å². The van der Waals surface area contributed by atoms with E-state index >= 15 is 0 Å². The van der Waals surface area contributed by atoms with E-state index in [1.54, 1.807) is 0 Å². The summed E-state index contributed by atoms with van der Waals surface area (Å²) in [5.74, 6) is -0.398. The van der Waals surface area contributed by atoms with Crippen LogP contribution in [0.3, 0.4) is 0 Å². The van der Waals surface area contributed by atoms with Crippen molar-refractivity contribution < 1.29 is 27.9 Å². The molecule has 0 saturated heterocycles. The minimum atomic E-state index is -3.24. The second-order valence-electron chi connectivity index (χ2n) is 3.81. The second-order valence-corrected chi connectivity index (χ2v) is 6.08. The summed E-state index contributed by atoms with van der Waals surface area (Å²) >= 11 is 0. The third kappa shape index (κ3) is 7.58. The number of carbonyl (C=O) groups is 2. The first kappa shape index (κ1) is 17.3. The van der Waals surface area contributed by atoms with Crippen LogP contribution in [0.1, 0.15) is 32.1 Å². The van der Waals surface area contributed by atoms with Gasteiger partial charge >= 0.3 is 13.6 Å². The van der Waals surface area contributed by atoms with Gasteiger partial charge in [-0.15, -0.1) is 0 Å². The summed E-state index contributed by atoms with van der Waals surface area (Å²) < 4.78 is 25.5. The van der Waals surface area contributed by atoms with Crippen molar-refractivity contribution in [3.8, 4) is 0 Å². The SMILES string of the molecule is COC(=O)CCCCCC(=O)CP(=O)(OC)OC. The van der Waals surface area contributed by atoms with Gasteiger partial charge < -0.3 is 13.8 Å². The lowest BCUT2D eigenvalue weighted by Crippen LogP contribution is -2.07. The predicted octanol–water partition coefficient (Wildman–Crippen LogP) is 2.16. The van der Waals surface area contributed by atoms with E-state index in [1.165, 1.54) is 21.3 Å². The first-order valence-corrected chi connectivity index (χ1v) is 7.49. The Labute approximate surface area is 108 Å². The van der Waals surface area contributed by atoms with Gasteiger partial charge in [0.1, 0.15) is 11.9 Å². The van der Waals surface area contributed by atoms with Gasteiger partial charge in [-0.25, -0.2) is 0 Å². The van der Waals surface area contributed by atoms with Gasteiger partial charge in [-0.2, -0.15) is 0 Å². The molecular formula is C11H21O6P. The molecular weight excluding hydrogens is 259 g/mol. The van der Waals surface area contributed by atoms with E-state index in [0.29, 0.717) is 25.7 Å². The number of Topliss-reactive ketones (excluding diaryl/α,β-unsaturated/α-hetero) is 1. The Morgan fingerprint density at radius 1 is 0.944 bits per heavy atom. The topological polar surface area (TPSA) is 78.9 Å². The van der Waals surface area contributed by atoms with Crippen molar-refractivity contribution in [1.82, 2.24) is 0 Å². The molecule has 0 spiro atoms. The molecule has 0 aromatic heterocycles. The lowest BCUT2D eigenvalue weighted by atomic mass is 10.1. The fourth-order valence-electron chi connectivity index (χ4n) is 1.37. The highest BCUT2D eigenvalue weighted by molar-refractivity contribution is 7.54. The van der Waals surface area contributed by atoms with Crippen LogP contribution in [0.5, 0.6) is 0 Å². The number of ether oxygens (including phenoxy) is 1. The number of ketones is 1. The van der Waals surface area contributed by atoms with E-state index in [0.717, 1.165) is 6.42 Å². The highest BCUT2D eigenvalue weighted by Gasteiger charge is 2.24. The van der Waals surface area contributed by atoms with Crippen LogP contribution in [0.4, 0.5) is 0 Å². The van der Waals surface area contributed by atoms with Crippen LogP contribution in [0, 0.1) is 0 Å². The molecule has 18 heavy (non-hydrogen) atoms. The molecule has 0 amide bonds. The van der Waals surface area contributed by atoms with E-state index < -0.39 is 7.60 Å². The van der Waals surface area contributed by atoms with Gasteiger partial charge in [-0.3, -0.25) is 14.2 Å². The standard InChI is InChI=1S/C11H21O6P/c1-15-11(13)8-6-4-5-7-10(12)9-18(14,16-2)17-3/h4-9H2,1-3H3. The van der Waals surface area contributed by atoms with Crippen LogP contribution in [-0.4, -0.2) is 39.2 Å². The summed E-state index contributed by atoms with van der Waals surface area (Å²) in [5.41, 5.74) is 0. The Kier molecular flexibility index (Phi) is 8.89.